The topological polar surface area (TPSA) is 74.9 Å². The van der Waals surface area contributed by atoms with E-state index in [9.17, 15) is 14.3 Å². The van der Waals surface area contributed by atoms with Crippen molar-refractivity contribution in [1.29, 1.82) is 0 Å². The average Bonchev–Trinajstić information content (AvgIpc) is 3.27. The lowest BCUT2D eigenvalue weighted by Crippen LogP contribution is -2.17. The van der Waals surface area contributed by atoms with E-state index in [4.69, 9.17) is 9.15 Å². The SMILES string of the molecule is COc1cccc(NC(C)c2cc(C)cc3c(=O)cc(N4Cc5ccc(F)cc5C4)oc23)c1CO. The van der Waals surface area contributed by atoms with Gasteiger partial charge in [-0.2, -0.15) is 0 Å². The summed E-state index contributed by atoms with van der Waals surface area (Å²) in [4.78, 5) is 15.1. The fraction of sp³-hybridized carbons (Fsp3) is 0.250. The Morgan fingerprint density at radius 2 is 1.94 bits per heavy atom. The van der Waals surface area contributed by atoms with E-state index in [1.807, 2.05) is 43.0 Å². The third-order valence-electron chi connectivity index (χ3n) is 6.54. The number of aliphatic hydroxyl groups excluding tert-OH is 1. The molecule has 7 heteroatoms. The van der Waals surface area contributed by atoms with E-state index in [2.05, 4.69) is 5.32 Å². The maximum absolute atomic E-state index is 13.7. The Balaban J connectivity index is 1.55. The molecule has 1 aliphatic rings. The third-order valence-corrected chi connectivity index (χ3v) is 6.54. The Kier molecular flexibility index (Phi) is 5.94. The van der Waals surface area contributed by atoms with Crippen LogP contribution in [0.4, 0.5) is 16.0 Å². The minimum absolute atomic E-state index is 0.127. The number of aliphatic hydroxyl groups is 1. The molecule has 0 spiro atoms. The number of fused-ring (bicyclic) bond motifs is 2. The highest BCUT2D eigenvalue weighted by Gasteiger charge is 2.24. The van der Waals surface area contributed by atoms with Gasteiger partial charge in [-0.05, 0) is 60.9 Å². The second-order valence-electron chi connectivity index (χ2n) is 8.96. The van der Waals surface area contributed by atoms with Gasteiger partial charge in [-0.25, -0.2) is 4.39 Å². The summed E-state index contributed by atoms with van der Waals surface area (Å²) in [6, 6.07) is 15.4. The molecule has 2 N–H and O–H groups in total. The van der Waals surface area contributed by atoms with Crippen LogP contribution in [0.3, 0.4) is 0 Å². The van der Waals surface area contributed by atoms with E-state index in [0.29, 0.717) is 41.3 Å². The molecule has 35 heavy (non-hydrogen) atoms. The number of anilines is 2. The van der Waals surface area contributed by atoms with E-state index in [1.54, 1.807) is 19.2 Å². The molecule has 1 aliphatic heterocycles. The summed E-state index contributed by atoms with van der Waals surface area (Å²) in [5, 5.41) is 13.9. The van der Waals surface area contributed by atoms with E-state index in [-0.39, 0.29) is 23.9 Å². The van der Waals surface area contributed by atoms with Crippen molar-refractivity contribution in [3.8, 4) is 5.75 Å². The van der Waals surface area contributed by atoms with Crippen LogP contribution >= 0.6 is 0 Å². The van der Waals surface area contributed by atoms with Crippen LogP contribution in [0.15, 0.2) is 63.8 Å². The number of hydrogen-bond acceptors (Lipinski definition) is 6. The molecule has 180 valence electrons. The zero-order valence-corrected chi connectivity index (χ0v) is 19.9. The van der Waals surface area contributed by atoms with Crippen molar-refractivity contribution in [2.45, 2.75) is 39.6 Å². The number of ether oxygens (including phenoxy) is 1. The number of benzene rings is 3. The minimum Gasteiger partial charge on any atom is -0.496 e. The molecule has 0 radical (unpaired) electrons. The zero-order chi connectivity index (χ0) is 24.7. The van der Waals surface area contributed by atoms with Gasteiger partial charge in [0.25, 0.3) is 0 Å². The van der Waals surface area contributed by atoms with Gasteiger partial charge in [0.15, 0.2) is 5.43 Å². The van der Waals surface area contributed by atoms with Crippen LogP contribution in [0.25, 0.3) is 11.0 Å². The second kappa shape index (κ2) is 9.07. The van der Waals surface area contributed by atoms with E-state index >= 15 is 0 Å². The first-order valence-electron chi connectivity index (χ1n) is 11.5. The Morgan fingerprint density at radius 3 is 2.71 bits per heavy atom. The predicted molar refractivity (Wildman–Crippen MR) is 134 cm³/mol. The van der Waals surface area contributed by atoms with Crippen LogP contribution < -0.4 is 20.4 Å². The Morgan fingerprint density at radius 1 is 1.14 bits per heavy atom. The first kappa shape index (κ1) is 22.9. The number of hydrogen-bond donors (Lipinski definition) is 2. The molecule has 4 aromatic rings. The fourth-order valence-electron chi connectivity index (χ4n) is 4.78. The van der Waals surface area contributed by atoms with Gasteiger partial charge >= 0.3 is 0 Å². The van der Waals surface area contributed by atoms with E-state index in [0.717, 1.165) is 27.9 Å². The molecule has 0 amide bonds. The number of methoxy groups -OCH3 is 1. The van der Waals surface area contributed by atoms with Crippen molar-refractivity contribution < 1.29 is 18.7 Å². The lowest BCUT2D eigenvalue weighted by Gasteiger charge is -2.22. The van der Waals surface area contributed by atoms with Gasteiger partial charge in [0.2, 0.25) is 5.88 Å². The van der Waals surface area contributed by atoms with E-state index < -0.39 is 0 Å². The summed E-state index contributed by atoms with van der Waals surface area (Å²) in [5.74, 6) is 0.773. The monoisotopic (exact) mass is 474 g/mol. The van der Waals surface area contributed by atoms with Crippen LogP contribution in [0.2, 0.25) is 0 Å². The Labute approximate surface area is 202 Å². The largest absolute Gasteiger partial charge is 0.496 e. The van der Waals surface area contributed by atoms with Crippen LogP contribution in [0.1, 0.15) is 40.8 Å². The number of nitrogens with one attached hydrogen (secondary N) is 1. The molecule has 0 aliphatic carbocycles. The van der Waals surface area contributed by atoms with Crippen molar-refractivity contribution in [1.82, 2.24) is 0 Å². The van der Waals surface area contributed by atoms with Crippen molar-refractivity contribution in [3.63, 3.8) is 0 Å². The molecule has 0 saturated heterocycles. The summed E-state index contributed by atoms with van der Waals surface area (Å²) in [5.41, 5.74) is 5.45. The van der Waals surface area contributed by atoms with Gasteiger partial charge in [0.05, 0.1) is 25.1 Å². The third kappa shape index (κ3) is 4.23. The van der Waals surface area contributed by atoms with Gasteiger partial charge in [-0.3, -0.25) is 4.79 Å². The molecular formula is C28H27FN2O4. The molecule has 1 unspecified atom stereocenters. The summed E-state index contributed by atoms with van der Waals surface area (Å²) in [6.07, 6.45) is 0. The Bertz CT molecular complexity index is 1480. The quantitative estimate of drug-likeness (QED) is 0.388. The Hall–Kier alpha value is -3.84. The van der Waals surface area contributed by atoms with Gasteiger partial charge < -0.3 is 24.5 Å². The van der Waals surface area contributed by atoms with Gasteiger partial charge in [0.1, 0.15) is 17.1 Å². The lowest BCUT2D eigenvalue weighted by atomic mass is 10.0. The molecule has 6 nitrogen and oxygen atoms in total. The number of rotatable bonds is 6. The first-order chi connectivity index (χ1) is 16.9. The smallest absolute Gasteiger partial charge is 0.200 e. The average molecular weight is 475 g/mol. The minimum atomic E-state index is -0.275. The van der Waals surface area contributed by atoms with Crippen LogP contribution in [-0.4, -0.2) is 12.2 Å². The maximum Gasteiger partial charge on any atom is 0.200 e. The number of aryl methyl sites for hydroxylation is 1. The molecule has 1 atom stereocenters. The molecule has 1 aromatic heterocycles. The fourth-order valence-corrected chi connectivity index (χ4v) is 4.78. The van der Waals surface area contributed by atoms with Gasteiger partial charge in [0, 0.05) is 36.0 Å². The highest BCUT2D eigenvalue weighted by atomic mass is 19.1. The maximum atomic E-state index is 13.7. The summed E-state index contributed by atoms with van der Waals surface area (Å²) >= 11 is 0. The number of halogens is 1. The zero-order valence-electron chi connectivity index (χ0n) is 19.9. The normalized spacial score (nSPS) is 13.7. The van der Waals surface area contributed by atoms with Crippen molar-refractivity contribution in [3.05, 3.63) is 98.5 Å². The predicted octanol–water partition coefficient (Wildman–Crippen LogP) is 5.43. The van der Waals surface area contributed by atoms with Crippen LogP contribution in [-0.2, 0) is 19.7 Å². The van der Waals surface area contributed by atoms with Crippen molar-refractivity contribution in [2.75, 3.05) is 17.3 Å². The first-order valence-corrected chi connectivity index (χ1v) is 11.5. The highest BCUT2D eigenvalue weighted by Crippen LogP contribution is 2.35. The lowest BCUT2D eigenvalue weighted by molar-refractivity contribution is 0.274. The van der Waals surface area contributed by atoms with E-state index in [1.165, 1.54) is 18.2 Å². The molecule has 2 heterocycles. The molecule has 3 aromatic carbocycles. The molecule has 0 fully saturated rings. The van der Waals surface area contributed by atoms with Gasteiger partial charge in [-0.15, -0.1) is 0 Å². The number of nitrogens with zero attached hydrogens (tertiary/aromatic N) is 1. The van der Waals surface area contributed by atoms with Crippen LogP contribution in [0.5, 0.6) is 5.75 Å². The van der Waals surface area contributed by atoms with Crippen molar-refractivity contribution >= 4 is 22.5 Å². The molecule has 5 rings (SSSR count). The molecule has 0 bridgehead atoms. The summed E-state index contributed by atoms with van der Waals surface area (Å²) in [7, 11) is 1.57. The standard InChI is InChI=1S/C28H27FN2O4/c1-16-9-21(17(2)30-24-5-4-6-26(34-3)23(24)15-32)28-22(10-16)25(33)12-27(35-28)31-13-18-7-8-20(29)11-19(18)14-31/h4-12,17,30,32H,13-15H2,1-3H3. The highest BCUT2D eigenvalue weighted by molar-refractivity contribution is 5.83. The molecule has 0 saturated carbocycles. The molecular weight excluding hydrogens is 447 g/mol. The van der Waals surface area contributed by atoms with Crippen molar-refractivity contribution in [2.24, 2.45) is 0 Å². The summed E-state index contributed by atoms with van der Waals surface area (Å²) in [6.45, 7) is 4.77. The second-order valence-corrected chi connectivity index (χ2v) is 8.96. The van der Waals surface area contributed by atoms with Crippen LogP contribution in [0, 0.1) is 12.7 Å². The summed E-state index contributed by atoms with van der Waals surface area (Å²) < 4.78 is 25.4. The van der Waals surface area contributed by atoms with Gasteiger partial charge in [-0.1, -0.05) is 18.2 Å².